The Labute approximate surface area is 145 Å². The molecule has 0 fully saturated rings. The third kappa shape index (κ3) is 4.53. The Hall–Kier alpha value is -2.44. The van der Waals surface area contributed by atoms with Crippen molar-refractivity contribution in [3.63, 3.8) is 0 Å². The van der Waals surface area contributed by atoms with E-state index in [-0.39, 0.29) is 23.8 Å². The molecule has 0 saturated heterocycles. The van der Waals surface area contributed by atoms with Crippen LogP contribution in [0, 0.1) is 17.0 Å². The number of amides is 1. The van der Waals surface area contributed by atoms with Crippen LogP contribution in [-0.4, -0.2) is 24.4 Å². The van der Waals surface area contributed by atoms with Crippen molar-refractivity contribution in [1.29, 1.82) is 0 Å². The number of hydrogen-bond donors (Lipinski definition) is 2. The lowest BCUT2D eigenvalue weighted by molar-refractivity contribution is -0.885. The lowest BCUT2D eigenvalue weighted by Gasteiger charge is -2.15. The Morgan fingerprint density at radius 2 is 1.96 bits per heavy atom. The van der Waals surface area contributed by atoms with E-state index in [2.05, 4.69) is 5.32 Å². The molecule has 1 amide bonds. The highest BCUT2D eigenvalue weighted by Crippen LogP contribution is 2.27. The molecule has 2 aromatic rings. The van der Waals surface area contributed by atoms with E-state index in [1.165, 1.54) is 6.07 Å². The molecule has 0 saturated carbocycles. The Morgan fingerprint density at radius 3 is 2.62 bits per heavy atom. The predicted octanol–water partition coefficient (Wildman–Crippen LogP) is 2.21. The summed E-state index contributed by atoms with van der Waals surface area (Å²) in [4.78, 5) is 23.8. The molecule has 0 aliphatic carbocycles. The van der Waals surface area contributed by atoms with Crippen LogP contribution in [0.1, 0.15) is 11.1 Å². The van der Waals surface area contributed by atoms with E-state index < -0.39 is 4.92 Å². The number of nitrogens with zero attached hydrogens (tertiary/aromatic N) is 1. The van der Waals surface area contributed by atoms with Gasteiger partial charge in [-0.2, -0.15) is 0 Å². The summed E-state index contributed by atoms with van der Waals surface area (Å²) in [6.45, 7) is 2.49. The number of hydrogen-bond acceptors (Lipinski definition) is 3. The summed E-state index contributed by atoms with van der Waals surface area (Å²) in [6.07, 6.45) is 0. The third-order valence-electron chi connectivity index (χ3n) is 3.62. The highest BCUT2D eigenvalue weighted by molar-refractivity contribution is 6.31. The second-order valence-electron chi connectivity index (χ2n) is 5.68. The Bertz CT molecular complexity index is 764. The lowest BCUT2D eigenvalue weighted by atomic mass is 10.1. The van der Waals surface area contributed by atoms with Crippen molar-refractivity contribution < 1.29 is 14.6 Å². The quantitative estimate of drug-likeness (QED) is 0.620. The highest BCUT2D eigenvalue weighted by atomic mass is 35.5. The number of quaternary nitrogens is 1. The predicted molar refractivity (Wildman–Crippen MR) is 93.4 cm³/mol. The number of anilines is 1. The Kier molecular flexibility index (Phi) is 5.89. The van der Waals surface area contributed by atoms with Gasteiger partial charge >= 0.3 is 0 Å². The average molecular weight is 349 g/mol. The fourth-order valence-corrected chi connectivity index (χ4v) is 2.66. The summed E-state index contributed by atoms with van der Waals surface area (Å²) in [5.74, 6) is -0.281. The molecule has 0 bridgehead atoms. The number of nitro benzene ring substituents is 1. The maximum Gasteiger partial charge on any atom is 0.293 e. The first-order chi connectivity index (χ1) is 11.4. The average Bonchev–Trinajstić information content (AvgIpc) is 2.51. The Balaban J connectivity index is 2.04. The van der Waals surface area contributed by atoms with Gasteiger partial charge < -0.3 is 10.2 Å². The van der Waals surface area contributed by atoms with Crippen molar-refractivity contribution in [1.82, 2.24) is 0 Å². The largest absolute Gasteiger partial charge is 0.326 e. The minimum absolute atomic E-state index is 0.105. The maximum absolute atomic E-state index is 12.2. The van der Waals surface area contributed by atoms with Gasteiger partial charge in [-0.3, -0.25) is 14.9 Å². The van der Waals surface area contributed by atoms with Crippen LogP contribution >= 0.6 is 11.6 Å². The van der Waals surface area contributed by atoms with Crippen LogP contribution in [0.2, 0.25) is 5.02 Å². The Morgan fingerprint density at radius 1 is 1.25 bits per heavy atom. The number of benzene rings is 2. The number of halogens is 1. The van der Waals surface area contributed by atoms with Gasteiger partial charge in [0.25, 0.3) is 11.6 Å². The molecule has 24 heavy (non-hydrogen) atoms. The maximum atomic E-state index is 12.2. The molecular formula is C17H19ClN3O3+. The summed E-state index contributed by atoms with van der Waals surface area (Å²) in [5.41, 5.74) is 1.75. The smallest absolute Gasteiger partial charge is 0.293 e. The second kappa shape index (κ2) is 7.90. The number of carbonyl (C=O) groups excluding carboxylic acids is 1. The summed E-state index contributed by atoms with van der Waals surface area (Å²) >= 11 is 6.12. The van der Waals surface area contributed by atoms with Crippen LogP contribution in [-0.2, 0) is 11.3 Å². The topological polar surface area (TPSA) is 76.7 Å². The zero-order chi connectivity index (χ0) is 17.7. The summed E-state index contributed by atoms with van der Waals surface area (Å²) < 4.78 is 0. The zero-order valence-electron chi connectivity index (χ0n) is 13.5. The number of carbonyl (C=O) groups is 1. The summed E-state index contributed by atoms with van der Waals surface area (Å²) in [7, 11) is 1.87. The van der Waals surface area contributed by atoms with Gasteiger partial charge in [0, 0.05) is 16.7 Å². The number of nitro groups is 1. The van der Waals surface area contributed by atoms with Crippen molar-refractivity contribution in [3.8, 4) is 0 Å². The fraction of sp³-hybridized carbons (Fsp3) is 0.235. The van der Waals surface area contributed by atoms with E-state index in [1.54, 1.807) is 25.1 Å². The van der Waals surface area contributed by atoms with Crippen LogP contribution in [0.15, 0.2) is 42.5 Å². The van der Waals surface area contributed by atoms with Gasteiger partial charge in [0.1, 0.15) is 12.2 Å². The fourth-order valence-electron chi connectivity index (χ4n) is 2.45. The molecule has 0 aliphatic heterocycles. The van der Waals surface area contributed by atoms with Crippen molar-refractivity contribution in [2.75, 3.05) is 18.9 Å². The molecule has 126 valence electrons. The third-order valence-corrected chi connectivity index (χ3v) is 3.99. The molecule has 0 spiro atoms. The van der Waals surface area contributed by atoms with Crippen LogP contribution in [0.25, 0.3) is 0 Å². The van der Waals surface area contributed by atoms with E-state index in [9.17, 15) is 14.9 Å². The molecular weight excluding hydrogens is 330 g/mol. The zero-order valence-corrected chi connectivity index (χ0v) is 14.3. The van der Waals surface area contributed by atoms with Crippen molar-refractivity contribution in [2.45, 2.75) is 13.5 Å². The van der Waals surface area contributed by atoms with Crippen molar-refractivity contribution in [3.05, 3.63) is 68.7 Å². The van der Waals surface area contributed by atoms with E-state index in [1.807, 2.05) is 25.2 Å². The highest BCUT2D eigenvalue weighted by Gasteiger charge is 2.19. The van der Waals surface area contributed by atoms with Gasteiger partial charge in [0.05, 0.1) is 12.0 Å². The first-order valence-electron chi connectivity index (χ1n) is 7.47. The number of likely N-dealkylation sites (N-methyl/N-ethyl adjacent to an activating group) is 1. The second-order valence-corrected chi connectivity index (χ2v) is 6.08. The first kappa shape index (κ1) is 17.9. The van der Waals surface area contributed by atoms with Crippen molar-refractivity contribution in [2.24, 2.45) is 0 Å². The molecule has 0 aromatic heterocycles. The van der Waals surface area contributed by atoms with Crippen LogP contribution < -0.4 is 10.2 Å². The monoisotopic (exact) mass is 348 g/mol. The minimum atomic E-state index is -0.497. The number of nitrogens with one attached hydrogen (secondary N) is 2. The molecule has 2 rings (SSSR count). The van der Waals surface area contributed by atoms with Crippen LogP contribution in [0.4, 0.5) is 11.4 Å². The first-order valence-corrected chi connectivity index (χ1v) is 7.85. The summed E-state index contributed by atoms with van der Waals surface area (Å²) in [6, 6.07) is 12.2. The van der Waals surface area contributed by atoms with Gasteiger partial charge in [-0.15, -0.1) is 0 Å². The van der Waals surface area contributed by atoms with E-state index in [0.29, 0.717) is 17.1 Å². The molecule has 1 unspecified atom stereocenters. The number of para-hydroxylation sites is 1. The SMILES string of the molecule is Cc1cccc([N+](=O)[O-])c1NC(=O)C[NH+](C)Cc1ccccc1Cl. The lowest BCUT2D eigenvalue weighted by Crippen LogP contribution is -3.08. The molecule has 0 aliphatic rings. The van der Waals surface area contributed by atoms with Gasteiger partial charge in [0.15, 0.2) is 6.54 Å². The molecule has 6 nitrogen and oxygen atoms in total. The standard InChI is InChI=1S/C17H18ClN3O3/c1-12-6-5-9-15(21(23)24)17(12)19-16(22)11-20(2)10-13-7-3-4-8-14(13)18/h3-9H,10-11H2,1-2H3,(H,19,22)/p+1. The molecule has 1 atom stereocenters. The van der Waals surface area contributed by atoms with E-state index in [0.717, 1.165) is 10.5 Å². The molecule has 0 heterocycles. The summed E-state index contributed by atoms with van der Waals surface area (Å²) in [5, 5.41) is 14.4. The van der Waals surface area contributed by atoms with Gasteiger partial charge in [-0.25, -0.2) is 0 Å². The van der Waals surface area contributed by atoms with Gasteiger partial charge in [0.2, 0.25) is 0 Å². The van der Waals surface area contributed by atoms with Gasteiger partial charge in [-0.1, -0.05) is 41.9 Å². The van der Waals surface area contributed by atoms with Crippen LogP contribution in [0.5, 0.6) is 0 Å². The van der Waals surface area contributed by atoms with Crippen LogP contribution in [0.3, 0.4) is 0 Å². The molecule has 7 heteroatoms. The normalized spacial score (nSPS) is 11.8. The van der Waals surface area contributed by atoms with E-state index in [4.69, 9.17) is 11.6 Å². The van der Waals surface area contributed by atoms with Gasteiger partial charge in [-0.05, 0) is 18.6 Å². The molecule has 2 aromatic carbocycles. The molecule has 0 radical (unpaired) electrons. The van der Waals surface area contributed by atoms with E-state index >= 15 is 0 Å². The minimum Gasteiger partial charge on any atom is -0.326 e. The number of aryl methyl sites for hydroxylation is 1. The number of rotatable bonds is 6. The molecule has 2 N–H and O–H groups in total. The van der Waals surface area contributed by atoms with Crippen molar-refractivity contribution >= 4 is 28.9 Å².